The number of rotatable bonds is 4. The molecule has 4 atom stereocenters. The highest BCUT2D eigenvalue weighted by atomic mass is 32.2. The van der Waals surface area contributed by atoms with E-state index in [9.17, 15) is 4.79 Å². The molecule has 4 N–H and O–H groups in total. The van der Waals surface area contributed by atoms with Crippen molar-refractivity contribution in [1.82, 2.24) is 10.6 Å². The monoisotopic (exact) mass is 427 g/mol. The van der Waals surface area contributed by atoms with Crippen molar-refractivity contribution in [2.24, 2.45) is 11.7 Å². The van der Waals surface area contributed by atoms with Crippen molar-refractivity contribution in [3.63, 3.8) is 0 Å². The maximum absolute atomic E-state index is 12.7. The summed E-state index contributed by atoms with van der Waals surface area (Å²) in [5, 5.41) is 6.71. The van der Waals surface area contributed by atoms with E-state index in [1.54, 1.807) is 0 Å². The van der Waals surface area contributed by atoms with Gasteiger partial charge in [0, 0.05) is 12.3 Å². The quantitative estimate of drug-likeness (QED) is 0.639. The lowest BCUT2D eigenvalue weighted by molar-refractivity contribution is -0.125. The number of benzene rings is 1. The molecular weight excluding hydrogens is 394 g/mol. The van der Waals surface area contributed by atoms with Crippen LogP contribution >= 0.6 is 11.8 Å². The van der Waals surface area contributed by atoms with Crippen LogP contribution in [0.1, 0.15) is 69.3 Å². The van der Waals surface area contributed by atoms with E-state index < -0.39 is 0 Å². The number of piperidine rings is 1. The number of fused-ring (bicyclic) bond motifs is 1. The molecule has 2 heterocycles. The van der Waals surface area contributed by atoms with Crippen LogP contribution in [0, 0.1) is 18.3 Å². The van der Waals surface area contributed by atoms with E-state index in [-0.39, 0.29) is 34.8 Å². The third-order valence-electron chi connectivity index (χ3n) is 6.93. The zero-order valence-electron chi connectivity index (χ0n) is 17.6. The normalized spacial score (nSPS) is 32.8. The van der Waals surface area contributed by atoms with Crippen molar-refractivity contribution in [3.05, 3.63) is 29.8 Å². The van der Waals surface area contributed by atoms with Gasteiger partial charge in [0.1, 0.15) is 17.9 Å². The van der Waals surface area contributed by atoms with Crippen LogP contribution in [0.3, 0.4) is 0 Å². The molecule has 30 heavy (non-hydrogen) atoms. The predicted octanol–water partition coefficient (Wildman–Crippen LogP) is 3.70. The second-order valence-corrected chi connectivity index (χ2v) is 10.2. The van der Waals surface area contributed by atoms with Crippen LogP contribution in [0.2, 0.25) is 0 Å². The van der Waals surface area contributed by atoms with Crippen LogP contribution in [0.4, 0.5) is 0 Å². The SMILES string of the molecule is C#CCOc1cccc(C2CC(=O)NC3NC(N)SC32C2CCCCCCCC2)c1. The molecule has 4 rings (SSSR count). The molecule has 1 aromatic carbocycles. The van der Waals surface area contributed by atoms with Crippen LogP contribution in [0.5, 0.6) is 5.75 Å². The second kappa shape index (κ2) is 9.64. The average molecular weight is 428 g/mol. The minimum Gasteiger partial charge on any atom is -0.481 e. The van der Waals surface area contributed by atoms with Crippen LogP contribution < -0.4 is 21.1 Å². The number of amides is 1. The molecule has 1 aromatic rings. The Labute approximate surface area is 184 Å². The first kappa shape index (κ1) is 21.5. The van der Waals surface area contributed by atoms with Gasteiger partial charge in [0.25, 0.3) is 0 Å². The molecule has 1 aliphatic carbocycles. The maximum Gasteiger partial charge on any atom is 0.221 e. The fourth-order valence-electron chi connectivity index (χ4n) is 5.64. The van der Waals surface area contributed by atoms with Gasteiger partial charge in [-0.05, 0) is 36.5 Å². The molecule has 6 heteroatoms. The molecule has 5 nitrogen and oxygen atoms in total. The van der Waals surface area contributed by atoms with E-state index in [4.69, 9.17) is 16.9 Å². The number of ether oxygens (including phenoxy) is 1. The summed E-state index contributed by atoms with van der Waals surface area (Å²) >= 11 is 1.83. The van der Waals surface area contributed by atoms with Crippen LogP contribution in [0.25, 0.3) is 0 Å². The third-order valence-corrected chi connectivity index (χ3v) is 8.58. The Kier molecular flexibility index (Phi) is 6.92. The molecule has 3 aliphatic rings. The molecule has 0 bridgehead atoms. The van der Waals surface area contributed by atoms with Gasteiger partial charge in [-0.2, -0.15) is 0 Å². The molecule has 0 spiro atoms. The molecule has 0 aromatic heterocycles. The van der Waals surface area contributed by atoms with Gasteiger partial charge in [-0.1, -0.05) is 56.6 Å². The molecule has 4 unspecified atom stereocenters. The van der Waals surface area contributed by atoms with Gasteiger partial charge < -0.3 is 15.8 Å². The Bertz CT molecular complexity index is 785. The van der Waals surface area contributed by atoms with Crippen molar-refractivity contribution in [3.8, 4) is 18.1 Å². The number of carbonyl (C=O) groups excluding carboxylic acids is 1. The number of hydrogen-bond acceptors (Lipinski definition) is 5. The Morgan fingerprint density at radius 2 is 1.93 bits per heavy atom. The molecule has 2 aliphatic heterocycles. The van der Waals surface area contributed by atoms with Crippen molar-refractivity contribution >= 4 is 17.7 Å². The van der Waals surface area contributed by atoms with Gasteiger partial charge in [-0.3, -0.25) is 10.1 Å². The van der Waals surface area contributed by atoms with E-state index >= 15 is 0 Å². The second-order valence-electron chi connectivity index (χ2n) is 8.78. The average Bonchev–Trinajstić information content (AvgIpc) is 3.14. The lowest BCUT2D eigenvalue weighted by Gasteiger charge is -2.49. The molecule has 1 amide bonds. The zero-order valence-corrected chi connectivity index (χ0v) is 18.4. The lowest BCUT2D eigenvalue weighted by atomic mass is 9.68. The highest BCUT2D eigenvalue weighted by Gasteiger charge is 2.59. The number of thioether (sulfide) groups is 1. The van der Waals surface area contributed by atoms with Crippen molar-refractivity contribution in [1.29, 1.82) is 0 Å². The fourth-order valence-corrected chi connectivity index (χ4v) is 7.36. The third kappa shape index (κ3) is 4.34. The number of terminal acetylenes is 1. The largest absolute Gasteiger partial charge is 0.481 e. The smallest absolute Gasteiger partial charge is 0.221 e. The lowest BCUT2D eigenvalue weighted by Crippen LogP contribution is -2.64. The first-order chi connectivity index (χ1) is 14.6. The van der Waals surface area contributed by atoms with E-state index in [0.717, 1.165) is 11.3 Å². The Hall–Kier alpha value is -1.68. The van der Waals surface area contributed by atoms with Gasteiger partial charge in [0.05, 0.1) is 10.9 Å². The molecule has 1 saturated carbocycles. The van der Waals surface area contributed by atoms with Gasteiger partial charge in [-0.15, -0.1) is 18.2 Å². The number of carbonyl (C=O) groups is 1. The van der Waals surface area contributed by atoms with E-state index in [1.165, 1.54) is 51.4 Å². The summed E-state index contributed by atoms with van der Waals surface area (Å²) in [5.41, 5.74) is 7.39. The Balaban J connectivity index is 1.72. The number of nitrogens with one attached hydrogen (secondary N) is 2. The minimum atomic E-state index is -0.176. The fraction of sp³-hybridized carbons (Fsp3) is 0.625. The summed E-state index contributed by atoms with van der Waals surface area (Å²) in [6.45, 7) is 0.242. The van der Waals surface area contributed by atoms with Crippen LogP contribution in [0.15, 0.2) is 24.3 Å². The summed E-state index contributed by atoms with van der Waals surface area (Å²) in [6.07, 6.45) is 15.9. The highest BCUT2D eigenvalue weighted by molar-refractivity contribution is 8.01. The highest BCUT2D eigenvalue weighted by Crippen LogP contribution is 2.57. The van der Waals surface area contributed by atoms with Gasteiger partial charge in [0.2, 0.25) is 5.91 Å². The Morgan fingerprint density at radius 1 is 1.20 bits per heavy atom. The molecule has 2 saturated heterocycles. The summed E-state index contributed by atoms with van der Waals surface area (Å²) in [6, 6.07) is 8.13. The van der Waals surface area contributed by atoms with E-state index in [2.05, 4.69) is 28.7 Å². The molecule has 0 radical (unpaired) electrons. The van der Waals surface area contributed by atoms with Gasteiger partial charge in [-0.25, -0.2) is 0 Å². The van der Waals surface area contributed by atoms with Crippen molar-refractivity contribution in [2.45, 2.75) is 80.1 Å². The number of hydrogen-bond donors (Lipinski definition) is 3. The van der Waals surface area contributed by atoms with Gasteiger partial charge in [0.15, 0.2) is 0 Å². The summed E-state index contributed by atoms with van der Waals surface area (Å²) < 4.78 is 5.54. The minimum absolute atomic E-state index is 0.0841. The molecule has 162 valence electrons. The van der Waals surface area contributed by atoms with E-state index in [1.807, 2.05) is 23.9 Å². The first-order valence-electron chi connectivity index (χ1n) is 11.3. The van der Waals surface area contributed by atoms with E-state index in [0.29, 0.717) is 12.3 Å². The first-order valence-corrected chi connectivity index (χ1v) is 12.2. The summed E-state index contributed by atoms with van der Waals surface area (Å²) in [4.78, 5) is 12.7. The summed E-state index contributed by atoms with van der Waals surface area (Å²) in [5.74, 6) is 3.96. The van der Waals surface area contributed by atoms with Crippen molar-refractivity contribution < 1.29 is 9.53 Å². The number of nitrogens with two attached hydrogens (primary N) is 1. The predicted molar refractivity (Wildman–Crippen MR) is 122 cm³/mol. The maximum atomic E-state index is 12.7. The van der Waals surface area contributed by atoms with Crippen molar-refractivity contribution in [2.75, 3.05) is 6.61 Å². The molecule has 3 fully saturated rings. The molecular formula is C24H33N3O2S. The topological polar surface area (TPSA) is 76.4 Å². The zero-order chi connectivity index (χ0) is 21.0. The Morgan fingerprint density at radius 3 is 2.67 bits per heavy atom. The van der Waals surface area contributed by atoms with Crippen LogP contribution in [-0.2, 0) is 4.79 Å². The summed E-state index contributed by atoms with van der Waals surface area (Å²) in [7, 11) is 0. The van der Waals surface area contributed by atoms with Crippen LogP contribution in [-0.4, -0.2) is 28.9 Å². The van der Waals surface area contributed by atoms with Gasteiger partial charge >= 0.3 is 0 Å². The standard InChI is InChI=1S/C24H33N3O2S/c1-2-14-29-19-13-9-10-17(15-19)20-16-21(28)26-22-24(20,30-23(25)27-22)18-11-7-5-3-4-6-8-12-18/h1,9-10,13,15,18,20,22-23,27H,3-8,11-12,14,16,25H2,(H,26,28).